The largest absolute Gasteiger partial charge is 0.381 e. The molecule has 1 fully saturated rings. The van der Waals surface area contributed by atoms with E-state index in [0.29, 0.717) is 18.0 Å². The molecule has 140 valence electrons. The van der Waals surface area contributed by atoms with Crippen molar-refractivity contribution in [3.05, 3.63) is 35.1 Å². The first kappa shape index (κ1) is 19.7. The van der Waals surface area contributed by atoms with Gasteiger partial charge in [0.1, 0.15) is 5.82 Å². The lowest BCUT2D eigenvalue weighted by molar-refractivity contribution is 0.0888. The normalized spacial score (nSPS) is 17.7. The van der Waals surface area contributed by atoms with Crippen molar-refractivity contribution in [2.75, 3.05) is 39.5 Å². The van der Waals surface area contributed by atoms with Gasteiger partial charge < -0.3 is 20.1 Å². The van der Waals surface area contributed by atoms with Gasteiger partial charge in [-0.25, -0.2) is 9.38 Å². The van der Waals surface area contributed by atoms with E-state index >= 15 is 0 Å². The third-order valence-electron chi connectivity index (χ3n) is 4.12. The van der Waals surface area contributed by atoms with Gasteiger partial charge in [-0.3, -0.25) is 0 Å². The Morgan fingerprint density at radius 1 is 1.40 bits per heavy atom. The molecule has 1 aromatic rings. The molecule has 6 heteroatoms. The van der Waals surface area contributed by atoms with Crippen LogP contribution in [0.25, 0.3) is 0 Å². The van der Waals surface area contributed by atoms with Crippen LogP contribution in [0.3, 0.4) is 0 Å². The zero-order chi connectivity index (χ0) is 17.9. The fourth-order valence-electron chi connectivity index (χ4n) is 2.66. The second-order valence-electron chi connectivity index (χ2n) is 6.36. The number of benzene rings is 1. The van der Waals surface area contributed by atoms with Crippen LogP contribution in [0.5, 0.6) is 0 Å². The Kier molecular flexibility index (Phi) is 8.69. The highest BCUT2D eigenvalue weighted by Gasteiger charge is 2.15. The van der Waals surface area contributed by atoms with Crippen LogP contribution in [-0.2, 0) is 16.0 Å². The summed E-state index contributed by atoms with van der Waals surface area (Å²) >= 11 is 0. The number of rotatable bonds is 9. The van der Waals surface area contributed by atoms with E-state index in [0.717, 1.165) is 63.9 Å². The smallest absolute Gasteiger partial charge is 0.191 e. The number of nitrogens with one attached hydrogen (secondary N) is 2. The first-order chi connectivity index (χ1) is 12.2. The number of hydrogen-bond acceptors (Lipinski definition) is 3. The number of aryl methyl sites for hydroxylation is 1. The van der Waals surface area contributed by atoms with Gasteiger partial charge in [-0.15, -0.1) is 0 Å². The molecule has 2 N–H and O–H groups in total. The molecular weight excluding hydrogens is 321 g/mol. The predicted octanol–water partition coefficient (Wildman–Crippen LogP) is 2.63. The van der Waals surface area contributed by atoms with E-state index in [9.17, 15) is 4.39 Å². The minimum Gasteiger partial charge on any atom is -0.381 e. The van der Waals surface area contributed by atoms with Crippen molar-refractivity contribution >= 4 is 5.96 Å². The molecular formula is C19H30FN3O2. The molecule has 2 rings (SSSR count). The molecule has 0 aliphatic carbocycles. The summed E-state index contributed by atoms with van der Waals surface area (Å²) in [5, 5.41) is 6.53. The molecule has 0 saturated carbocycles. The molecule has 1 unspecified atom stereocenters. The van der Waals surface area contributed by atoms with Crippen LogP contribution in [0.4, 0.5) is 4.39 Å². The topological polar surface area (TPSA) is 54.9 Å². The molecule has 25 heavy (non-hydrogen) atoms. The average Bonchev–Trinajstić information content (AvgIpc) is 3.12. The van der Waals surface area contributed by atoms with Crippen molar-refractivity contribution in [3.8, 4) is 0 Å². The number of guanidine groups is 1. The summed E-state index contributed by atoms with van der Waals surface area (Å²) in [5.41, 5.74) is 1.65. The average molecular weight is 351 g/mol. The number of ether oxygens (including phenoxy) is 2. The first-order valence-electron chi connectivity index (χ1n) is 9.11. The van der Waals surface area contributed by atoms with E-state index in [1.54, 1.807) is 13.0 Å². The summed E-state index contributed by atoms with van der Waals surface area (Å²) in [6.07, 6.45) is 2.03. The monoisotopic (exact) mass is 351 g/mol. The summed E-state index contributed by atoms with van der Waals surface area (Å²) in [6, 6.07) is 5.10. The molecule has 0 aromatic heterocycles. The molecule has 1 aliphatic rings. The van der Waals surface area contributed by atoms with Gasteiger partial charge >= 0.3 is 0 Å². The zero-order valence-electron chi connectivity index (χ0n) is 15.3. The molecule has 1 heterocycles. The van der Waals surface area contributed by atoms with E-state index < -0.39 is 0 Å². The zero-order valence-corrected chi connectivity index (χ0v) is 15.3. The van der Waals surface area contributed by atoms with Gasteiger partial charge in [0.25, 0.3) is 0 Å². The van der Waals surface area contributed by atoms with Crippen LogP contribution in [0.1, 0.15) is 30.9 Å². The SMILES string of the molecule is CCNC(=NCc1ccc(F)c(C)c1)NCCCOCC1CCOC1. The summed E-state index contributed by atoms with van der Waals surface area (Å²) in [7, 11) is 0. The lowest BCUT2D eigenvalue weighted by atomic mass is 10.1. The van der Waals surface area contributed by atoms with E-state index in [1.807, 2.05) is 13.0 Å². The van der Waals surface area contributed by atoms with Gasteiger partial charge in [-0.1, -0.05) is 12.1 Å². The molecule has 1 aromatic carbocycles. The van der Waals surface area contributed by atoms with E-state index in [4.69, 9.17) is 9.47 Å². The maximum atomic E-state index is 13.3. The Balaban J connectivity index is 1.67. The summed E-state index contributed by atoms with van der Waals surface area (Å²) < 4.78 is 24.3. The number of hydrogen-bond donors (Lipinski definition) is 2. The minimum absolute atomic E-state index is 0.179. The van der Waals surface area contributed by atoms with Crippen molar-refractivity contribution < 1.29 is 13.9 Å². The van der Waals surface area contributed by atoms with Gasteiger partial charge in [-0.2, -0.15) is 0 Å². The highest BCUT2D eigenvalue weighted by atomic mass is 19.1. The summed E-state index contributed by atoms with van der Waals surface area (Å²) in [5.74, 6) is 1.15. The number of nitrogens with zero attached hydrogens (tertiary/aromatic N) is 1. The third kappa shape index (κ3) is 7.40. The molecule has 1 saturated heterocycles. The Labute approximate surface area is 150 Å². The molecule has 0 amide bonds. The Hall–Kier alpha value is -1.66. The standard InChI is InChI=1S/C19H30FN3O2/c1-3-21-19(23-12-16-5-6-18(20)15(2)11-16)22-8-4-9-24-13-17-7-10-25-14-17/h5-6,11,17H,3-4,7-10,12-14H2,1-2H3,(H2,21,22,23). The molecule has 1 aliphatic heterocycles. The Morgan fingerprint density at radius 2 is 2.28 bits per heavy atom. The second kappa shape index (κ2) is 11.1. The van der Waals surface area contributed by atoms with Crippen LogP contribution in [-0.4, -0.2) is 45.5 Å². The fourth-order valence-corrected chi connectivity index (χ4v) is 2.66. The maximum absolute atomic E-state index is 13.3. The first-order valence-corrected chi connectivity index (χ1v) is 9.11. The fraction of sp³-hybridized carbons (Fsp3) is 0.632. The highest BCUT2D eigenvalue weighted by Crippen LogP contribution is 2.12. The van der Waals surface area contributed by atoms with Gasteiger partial charge in [0.05, 0.1) is 19.8 Å². The number of aliphatic imine (C=N–C) groups is 1. The molecule has 0 radical (unpaired) electrons. The van der Waals surface area contributed by atoms with Crippen LogP contribution in [0, 0.1) is 18.7 Å². The molecule has 5 nitrogen and oxygen atoms in total. The van der Waals surface area contributed by atoms with Crippen LogP contribution < -0.4 is 10.6 Å². The van der Waals surface area contributed by atoms with Crippen LogP contribution in [0.15, 0.2) is 23.2 Å². The van der Waals surface area contributed by atoms with Crippen molar-refractivity contribution in [1.82, 2.24) is 10.6 Å². The van der Waals surface area contributed by atoms with E-state index in [2.05, 4.69) is 15.6 Å². The minimum atomic E-state index is -0.179. The lowest BCUT2D eigenvalue weighted by Gasteiger charge is -2.12. The van der Waals surface area contributed by atoms with Crippen molar-refractivity contribution in [3.63, 3.8) is 0 Å². The summed E-state index contributed by atoms with van der Waals surface area (Å²) in [6.45, 7) is 9.15. The Bertz CT molecular complexity index is 545. The lowest BCUT2D eigenvalue weighted by Crippen LogP contribution is -2.38. The van der Waals surface area contributed by atoms with Crippen molar-refractivity contribution in [2.24, 2.45) is 10.9 Å². The highest BCUT2D eigenvalue weighted by molar-refractivity contribution is 5.79. The third-order valence-corrected chi connectivity index (χ3v) is 4.12. The van der Waals surface area contributed by atoms with Crippen LogP contribution in [0.2, 0.25) is 0 Å². The predicted molar refractivity (Wildman–Crippen MR) is 98.3 cm³/mol. The second-order valence-corrected chi connectivity index (χ2v) is 6.36. The van der Waals surface area contributed by atoms with Gasteiger partial charge in [-0.05, 0) is 43.9 Å². The molecule has 0 bridgehead atoms. The summed E-state index contributed by atoms with van der Waals surface area (Å²) in [4.78, 5) is 4.55. The molecule has 0 spiro atoms. The van der Waals surface area contributed by atoms with E-state index in [-0.39, 0.29) is 5.82 Å². The van der Waals surface area contributed by atoms with Crippen molar-refractivity contribution in [1.29, 1.82) is 0 Å². The quantitative estimate of drug-likeness (QED) is 0.408. The van der Waals surface area contributed by atoms with Gasteiger partial charge in [0.15, 0.2) is 5.96 Å². The maximum Gasteiger partial charge on any atom is 0.191 e. The van der Waals surface area contributed by atoms with E-state index in [1.165, 1.54) is 6.07 Å². The van der Waals surface area contributed by atoms with Crippen molar-refractivity contribution in [2.45, 2.75) is 33.2 Å². The Morgan fingerprint density at radius 3 is 3.00 bits per heavy atom. The van der Waals surface area contributed by atoms with Crippen LogP contribution >= 0.6 is 0 Å². The van der Waals surface area contributed by atoms with Gasteiger partial charge in [0.2, 0.25) is 0 Å². The van der Waals surface area contributed by atoms with Gasteiger partial charge in [0, 0.05) is 32.2 Å². The number of halogens is 1. The molecule has 1 atom stereocenters.